The van der Waals surface area contributed by atoms with Gasteiger partial charge in [0.25, 0.3) is 0 Å². The predicted molar refractivity (Wildman–Crippen MR) is 56.5 cm³/mol. The highest BCUT2D eigenvalue weighted by molar-refractivity contribution is 9.11. The van der Waals surface area contributed by atoms with Gasteiger partial charge in [0.1, 0.15) is 0 Å². The second-order valence-electron chi connectivity index (χ2n) is 2.55. The van der Waals surface area contributed by atoms with E-state index in [1.807, 2.05) is 0 Å². The predicted octanol–water partition coefficient (Wildman–Crippen LogP) is 3.71. The summed E-state index contributed by atoms with van der Waals surface area (Å²) in [6.07, 6.45) is -4.89. The fourth-order valence-electron chi connectivity index (χ4n) is 0.802. The molecule has 2 nitrogen and oxygen atoms in total. The van der Waals surface area contributed by atoms with Crippen LogP contribution in [0, 0.1) is 0 Å². The van der Waals surface area contributed by atoms with Crippen LogP contribution in [-0.4, -0.2) is 12.1 Å². The molecule has 7 heteroatoms. The van der Waals surface area contributed by atoms with Crippen LogP contribution in [0.2, 0.25) is 0 Å². The Kier molecular flexibility index (Phi) is 3.77. The van der Waals surface area contributed by atoms with E-state index in [0.717, 1.165) is 0 Å². The number of halogens is 5. The zero-order valence-corrected chi connectivity index (χ0v) is 10.2. The first-order chi connectivity index (χ1) is 6.82. The van der Waals surface area contributed by atoms with E-state index in [4.69, 9.17) is 0 Å². The summed E-state index contributed by atoms with van der Waals surface area (Å²) in [7, 11) is 0. The van der Waals surface area contributed by atoms with Crippen LogP contribution in [0.3, 0.4) is 0 Å². The number of rotatable bonds is 1. The molecule has 0 aliphatic rings. The lowest BCUT2D eigenvalue weighted by Crippen LogP contribution is -2.30. The first-order valence-corrected chi connectivity index (χ1v) is 5.23. The molecule has 1 aromatic rings. The fourth-order valence-corrected chi connectivity index (χ4v) is 2.00. The summed E-state index contributed by atoms with van der Waals surface area (Å²) in [4.78, 5) is 10.7. The molecule has 0 heterocycles. The SMILES string of the molecule is O=C(Nc1c(Br)cccc1Br)C(F)(F)F. The third-order valence-electron chi connectivity index (χ3n) is 1.46. The van der Waals surface area contributed by atoms with E-state index >= 15 is 0 Å². The molecule has 82 valence electrons. The molecule has 0 atom stereocenters. The van der Waals surface area contributed by atoms with Gasteiger partial charge in [-0.3, -0.25) is 4.79 Å². The summed E-state index contributed by atoms with van der Waals surface area (Å²) in [6.45, 7) is 0. The number of carbonyl (C=O) groups is 1. The Morgan fingerprint density at radius 2 is 1.67 bits per heavy atom. The van der Waals surface area contributed by atoms with Gasteiger partial charge in [0, 0.05) is 8.95 Å². The number of carbonyl (C=O) groups excluding carboxylic acids is 1. The number of hydrogen-bond acceptors (Lipinski definition) is 1. The van der Waals surface area contributed by atoms with Gasteiger partial charge in [0.05, 0.1) is 5.69 Å². The second-order valence-corrected chi connectivity index (χ2v) is 4.26. The van der Waals surface area contributed by atoms with E-state index < -0.39 is 12.1 Å². The van der Waals surface area contributed by atoms with Crippen molar-refractivity contribution in [2.45, 2.75) is 6.18 Å². The number of benzene rings is 1. The molecule has 0 aliphatic carbocycles. The second kappa shape index (κ2) is 4.52. The zero-order chi connectivity index (χ0) is 11.6. The summed E-state index contributed by atoms with van der Waals surface area (Å²) in [5.41, 5.74) is 0.0554. The average Bonchev–Trinajstić information content (AvgIpc) is 2.09. The van der Waals surface area contributed by atoms with Gasteiger partial charge in [0.15, 0.2) is 0 Å². The van der Waals surface area contributed by atoms with Crippen molar-refractivity contribution >= 4 is 43.5 Å². The van der Waals surface area contributed by atoms with Crippen molar-refractivity contribution in [3.63, 3.8) is 0 Å². The summed E-state index contributed by atoms with van der Waals surface area (Å²) < 4.78 is 36.6. The topological polar surface area (TPSA) is 29.1 Å². The molecular formula is C8H4Br2F3NO. The Morgan fingerprint density at radius 3 is 2.07 bits per heavy atom. The van der Waals surface area contributed by atoms with Gasteiger partial charge >= 0.3 is 12.1 Å². The Labute approximate surface area is 100 Å². The summed E-state index contributed by atoms with van der Waals surface area (Å²) in [5, 5.41) is 1.76. The molecule has 0 spiro atoms. The van der Waals surface area contributed by atoms with Gasteiger partial charge in [-0.1, -0.05) is 6.07 Å². The molecule has 15 heavy (non-hydrogen) atoms. The monoisotopic (exact) mass is 345 g/mol. The zero-order valence-electron chi connectivity index (χ0n) is 7.03. The molecule has 0 saturated carbocycles. The largest absolute Gasteiger partial charge is 0.471 e. The fraction of sp³-hybridized carbons (Fsp3) is 0.125. The minimum absolute atomic E-state index is 0.0554. The van der Waals surface area contributed by atoms with Crippen molar-refractivity contribution < 1.29 is 18.0 Å². The quantitative estimate of drug-likeness (QED) is 0.825. The number of alkyl halides is 3. The third-order valence-corrected chi connectivity index (χ3v) is 2.78. The van der Waals surface area contributed by atoms with Crippen LogP contribution in [-0.2, 0) is 4.79 Å². The van der Waals surface area contributed by atoms with Gasteiger partial charge in [-0.25, -0.2) is 0 Å². The maximum absolute atomic E-state index is 12.0. The number of para-hydroxylation sites is 1. The highest BCUT2D eigenvalue weighted by atomic mass is 79.9. The lowest BCUT2D eigenvalue weighted by atomic mass is 10.3. The van der Waals surface area contributed by atoms with Crippen LogP contribution in [0.4, 0.5) is 18.9 Å². The molecule has 0 aromatic heterocycles. The highest BCUT2D eigenvalue weighted by Gasteiger charge is 2.39. The van der Waals surface area contributed by atoms with Gasteiger partial charge < -0.3 is 5.32 Å². The Hall–Kier alpha value is -0.560. The number of amides is 1. The first kappa shape index (κ1) is 12.5. The number of anilines is 1. The summed E-state index contributed by atoms with van der Waals surface area (Å²) in [5.74, 6) is -2.00. The maximum Gasteiger partial charge on any atom is 0.471 e. The van der Waals surface area contributed by atoms with Crippen molar-refractivity contribution in [3.05, 3.63) is 27.1 Å². The standard InChI is InChI=1S/C8H4Br2F3NO/c9-4-2-1-3-5(10)6(4)14-7(15)8(11,12)13/h1-3H,(H,14,15). The average molecular weight is 347 g/mol. The van der Waals surface area contributed by atoms with Crippen LogP contribution in [0.1, 0.15) is 0 Å². The van der Waals surface area contributed by atoms with Crippen molar-refractivity contribution in [1.82, 2.24) is 0 Å². The molecule has 0 radical (unpaired) electrons. The van der Waals surface area contributed by atoms with E-state index in [-0.39, 0.29) is 5.69 Å². The van der Waals surface area contributed by atoms with Crippen LogP contribution in [0.25, 0.3) is 0 Å². The van der Waals surface area contributed by atoms with Crippen LogP contribution < -0.4 is 5.32 Å². The molecule has 1 N–H and O–H groups in total. The minimum Gasteiger partial charge on any atom is -0.316 e. The summed E-state index contributed by atoms with van der Waals surface area (Å²) in [6, 6.07) is 4.67. The van der Waals surface area contributed by atoms with Crippen LogP contribution in [0.15, 0.2) is 27.1 Å². The van der Waals surface area contributed by atoms with E-state index in [1.54, 1.807) is 11.4 Å². The summed E-state index contributed by atoms with van der Waals surface area (Å²) >= 11 is 6.06. The van der Waals surface area contributed by atoms with Crippen LogP contribution >= 0.6 is 31.9 Å². The van der Waals surface area contributed by atoms with Crippen molar-refractivity contribution in [1.29, 1.82) is 0 Å². The molecule has 1 rings (SSSR count). The molecule has 0 unspecified atom stereocenters. The lowest BCUT2D eigenvalue weighted by Gasteiger charge is -2.10. The maximum atomic E-state index is 12.0. The van der Waals surface area contributed by atoms with Crippen molar-refractivity contribution in [3.8, 4) is 0 Å². The van der Waals surface area contributed by atoms with E-state index in [2.05, 4.69) is 31.9 Å². The number of nitrogens with one attached hydrogen (secondary N) is 1. The minimum atomic E-state index is -4.89. The molecule has 0 aliphatic heterocycles. The third kappa shape index (κ3) is 3.20. The molecule has 0 fully saturated rings. The Bertz CT molecular complexity index is 372. The highest BCUT2D eigenvalue weighted by Crippen LogP contribution is 2.31. The van der Waals surface area contributed by atoms with E-state index in [0.29, 0.717) is 8.95 Å². The molecular weight excluding hydrogens is 343 g/mol. The first-order valence-electron chi connectivity index (χ1n) is 3.64. The molecule has 1 aromatic carbocycles. The van der Waals surface area contributed by atoms with Gasteiger partial charge in [-0.15, -0.1) is 0 Å². The van der Waals surface area contributed by atoms with Crippen LogP contribution in [0.5, 0.6) is 0 Å². The van der Waals surface area contributed by atoms with Crippen molar-refractivity contribution in [2.24, 2.45) is 0 Å². The van der Waals surface area contributed by atoms with Gasteiger partial charge in [0.2, 0.25) is 0 Å². The molecule has 0 saturated heterocycles. The smallest absolute Gasteiger partial charge is 0.316 e. The van der Waals surface area contributed by atoms with E-state index in [1.165, 1.54) is 12.1 Å². The Balaban J connectivity index is 2.95. The lowest BCUT2D eigenvalue weighted by molar-refractivity contribution is -0.167. The van der Waals surface area contributed by atoms with Gasteiger partial charge in [-0.2, -0.15) is 13.2 Å². The van der Waals surface area contributed by atoms with Gasteiger partial charge in [-0.05, 0) is 44.0 Å². The Morgan fingerprint density at radius 1 is 1.20 bits per heavy atom. The number of hydrogen-bond donors (Lipinski definition) is 1. The molecule has 1 amide bonds. The normalized spacial score (nSPS) is 11.3. The van der Waals surface area contributed by atoms with E-state index in [9.17, 15) is 18.0 Å². The molecule has 0 bridgehead atoms. The van der Waals surface area contributed by atoms with Crippen molar-refractivity contribution in [2.75, 3.05) is 5.32 Å².